The Hall–Kier alpha value is -1.42. The van der Waals surface area contributed by atoms with Gasteiger partial charge in [0.1, 0.15) is 0 Å². The van der Waals surface area contributed by atoms with Crippen LogP contribution in [0.4, 0.5) is 0 Å². The van der Waals surface area contributed by atoms with Crippen molar-refractivity contribution in [1.29, 1.82) is 0 Å². The fraction of sp³-hybridized carbons (Fsp3) is 0.500. The Labute approximate surface area is 167 Å². The summed E-state index contributed by atoms with van der Waals surface area (Å²) in [4.78, 5) is 2.63. The lowest BCUT2D eigenvalue weighted by Gasteiger charge is -2.39. The van der Waals surface area contributed by atoms with Crippen molar-refractivity contribution in [2.75, 3.05) is 13.1 Å². The highest BCUT2D eigenvalue weighted by atomic mass is 28.3. The van der Waals surface area contributed by atoms with Gasteiger partial charge < -0.3 is 4.43 Å². The van der Waals surface area contributed by atoms with Gasteiger partial charge in [-0.25, -0.2) is 0 Å². The zero-order valence-electron chi connectivity index (χ0n) is 17.6. The number of nitrogens with zero attached hydrogens (tertiary/aromatic N) is 1. The minimum atomic E-state index is -1.11. The van der Waals surface area contributed by atoms with Gasteiger partial charge in [-0.1, -0.05) is 81.4 Å². The van der Waals surface area contributed by atoms with E-state index in [0.29, 0.717) is 17.9 Å². The van der Waals surface area contributed by atoms with Crippen molar-refractivity contribution >= 4 is 9.04 Å². The van der Waals surface area contributed by atoms with Crippen LogP contribution in [0.2, 0.25) is 13.1 Å². The topological polar surface area (TPSA) is 12.5 Å². The third kappa shape index (κ3) is 5.31. The van der Waals surface area contributed by atoms with Crippen molar-refractivity contribution < 1.29 is 4.43 Å². The first-order chi connectivity index (χ1) is 12.8. The van der Waals surface area contributed by atoms with E-state index in [1.807, 2.05) is 0 Å². The van der Waals surface area contributed by atoms with E-state index >= 15 is 0 Å². The van der Waals surface area contributed by atoms with Crippen molar-refractivity contribution in [3.05, 3.63) is 71.8 Å². The van der Waals surface area contributed by atoms with Crippen LogP contribution in [0.3, 0.4) is 0 Å². The summed E-state index contributed by atoms with van der Waals surface area (Å²) in [7, 11) is -1.11. The van der Waals surface area contributed by atoms with Crippen LogP contribution in [0.5, 0.6) is 0 Å². The lowest BCUT2D eigenvalue weighted by Crippen LogP contribution is -2.42. The second-order valence-electron chi connectivity index (χ2n) is 9.33. The molecule has 0 bridgehead atoms. The molecule has 3 rings (SSSR count). The van der Waals surface area contributed by atoms with Gasteiger partial charge in [0.2, 0.25) is 0 Å². The molecule has 146 valence electrons. The van der Waals surface area contributed by atoms with Crippen molar-refractivity contribution in [3.63, 3.8) is 0 Å². The van der Waals surface area contributed by atoms with Crippen molar-refractivity contribution in [1.82, 2.24) is 4.90 Å². The molecule has 1 heterocycles. The molecule has 1 saturated heterocycles. The van der Waals surface area contributed by atoms with Gasteiger partial charge in [-0.05, 0) is 29.6 Å². The molecule has 0 saturated carbocycles. The summed E-state index contributed by atoms with van der Waals surface area (Å²) in [5.74, 6) is 1.07. The lowest BCUT2D eigenvalue weighted by atomic mass is 9.75. The van der Waals surface area contributed by atoms with Gasteiger partial charge >= 0.3 is 0 Å². The van der Waals surface area contributed by atoms with Gasteiger partial charge in [0.05, 0.1) is 6.10 Å². The molecule has 1 fully saturated rings. The lowest BCUT2D eigenvalue weighted by molar-refractivity contribution is 0.0303. The van der Waals surface area contributed by atoms with E-state index in [2.05, 4.69) is 99.4 Å². The molecule has 1 aliphatic rings. The fourth-order valence-corrected chi connectivity index (χ4v) is 5.68. The maximum absolute atomic E-state index is 6.66. The molecular formula is C24H35NOSi. The van der Waals surface area contributed by atoms with Gasteiger partial charge in [-0.2, -0.15) is 0 Å². The van der Waals surface area contributed by atoms with Gasteiger partial charge in [0, 0.05) is 31.5 Å². The Morgan fingerprint density at radius 3 is 2.11 bits per heavy atom. The van der Waals surface area contributed by atoms with Crippen LogP contribution in [0.1, 0.15) is 37.8 Å². The molecule has 2 unspecified atom stereocenters. The standard InChI is InChI=1S/C24H35NOSi/c1-24(2,3)23(26-27(4)5)22-18-25(16-19-12-8-6-9-13-19)17-21(22)20-14-10-7-11-15-20/h6-15,21-23,27H,16-18H2,1-5H3/t21?,22?,23-/m1/s1. The Morgan fingerprint density at radius 2 is 1.56 bits per heavy atom. The van der Waals surface area contributed by atoms with Gasteiger partial charge in [-0.3, -0.25) is 4.90 Å². The molecule has 2 aromatic rings. The molecular weight excluding hydrogens is 346 g/mol. The average Bonchev–Trinajstić information content (AvgIpc) is 3.03. The van der Waals surface area contributed by atoms with E-state index in [1.54, 1.807) is 0 Å². The van der Waals surface area contributed by atoms with Crippen LogP contribution >= 0.6 is 0 Å². The maximum Gasteiger partial charge on any atom is 0.171 e. The summed E-state index contributed by atoms with van der Waals surface area (Å²) in [6, 6.07) is 21.9. The molecule has 2 nitrogen and oxygen atoms in total. The summed E-state index contributed by atoms with van der Waals surface area (Å²) in [5, 5.41) is 0. The number of likely N-dealkylation sites (tertiary alicyclic amines) is 1. The molecule has 2 aromatic carbocycles. The van der Waals surface area contributed by atoms with E-state index in [0.717, 1.165) is 19.6 Å². The first-order valence-electron chi connectivity index (χ1n) is 10.3. The van der Waals surface area contributed by atoms with Gasteiger partial charge in [-0.15, -0.1) is 0 Å². The number of rotatable bonds is 6. The summed E-state index contributed by atoms with van der Waals surface area (Å²) in [6.45, 7) is 14.9. The Morgan fingerprint density at radius 1 is 0.963 bits per heavy atom. The highest BCUT2D eigenvalue weighted by Gasteiger charge is 2.43. The maximum atomic E-state index is 6.66. The predicted molar refractivity (Wildman–Crippen MR) is 118 cm³/mol. The monoisotopic (exact) mass is 381 g/mol. The predicted octanol–water partition coefficient (Wildman–Crippen LogP) is 5.32. The highest BCUT2D eigenvalue weighted by Crippen LogP contribution is 2.42. The summed E-state index contributed by atoms with van der Waals surface area (Å²) in [5.41, 5.74) is 3.01. The largest absolute Gasteiger partial charge is 0.417 e. The molecule has 3 heteroatoms. The van der Waals surface area contributed by atoms with E-state index in [-0.39, 0.29) is 5.41 Å². The molecule has 0 spiro atoms. The second kappa shape index (κ2) is 8.72. The minimum absolute atomic E-state index is 0.151. The first-order valence-corrected chi connectivity index (χ1v) is 13.1. The van der Waals surface area contributed by atoms with Gasteiger partial charge in [0.15, 0.2) is 9.04 Å². The average molecular weight is 382 g/mol. The zero-order chi connectivity index (χ0) is 19.4. The van der Waals surface area contributed by atoms with Crippen LogP contribution in [0, 0.1) is 11.3 Å². The van der Waals surface area contributed by atoms with E-state index in [4.69, 9.17) is 4.43 Å². The van der Waals surface area contributed by atoms with Crippen LogP contribution < -0.4 is 0 Å². The summed E-state index contributed by atoms with van der Waals surface area (Å²) < 4.78 is 6.66. The van der Waals surface area contributed by atoms with Crippen molar-refractivity contribution in [2.45, 2.75) is 52.4 Å². The number of benzene rings is 2. The SMILES string of the molecule is C[SiH](C)O[C@H](C1CN(Cc2ccccc2)CC1c1ccccc1)C(C)(C)C. The van der Waals surface area contributed by atoms with Crippen molar-refractivity contribution in [2.24, 2.45) is 11.3 Å². The highest BCUT2D eigenvalue weighted by molar-refractivity contribution is 6.48. The molecule has 27 heavy (non-hydrogen) atoms. The molecule has 0 N–H and O–H groups in total. The van der Waals surface area contributed by atoms with Crippen LogP contribution in [0.15, 0.2) is 60.7 Å². The van der Waals surface area contributed by atoms with Crippen molar-refractivity contribution in [3.8, 4) is 0 Å². The van der Waals surface area contributed by atoms with Crippen LogP contribution in [-0.4, -0.2) is 33.1 Å². The van der Waals surface area contributed by atoms with Crippen LogP contribution in [0.25, 0.3) is 0 Å². The first kappa shape index (κ1) is 20.3. The molecule has 0 aromatic heterocycles. The Bertz CT molecular complexity index is 695. The second-order valence-corrected chi connectivity index (χ2v) is 11.7. The Kier molecular flexibility index (Phi) is 6.56. The smallest absolute Gasteiger partial charge is 0.171 e. The third-order valence-electron chi connectivity index (χ3n) is 5.58. The van der Waals surface area contributed by atoms with E-state index < -0.39 is 9.04 Å². The fourth-order valence-electron chi connectivity index (χ4n) is 4.48. The molecule has 0 radical (unpaired) electrons. The molecule has 3 atom stereocenters. The van der Waals surface area contributed by atoms with Gasteiger partial charge in [0.25, 0.3) is 0 Å². The van der Waals surface area contributed by atoms with E-state index in [9.17, 15) is 0 Å². The van der Waals surface area contributed by atoms with E-state index in [1.165, 1.54) is 11.1 Å². The van der Waals surface area contributed by atoms with Crippen LogP contribution in [-0.2, 0) is 11.0 Å². The zero-order valence-corrected chi connectivity index (χ0v) is 18.7. The summed E-state index contributed by atoms with van der Waals surface area (Å²) >= 11 is 0. The number of hydrogen-bond donors (Lipinski definition) is 0. The molecule has 0 amide bonds. The minimum Gasteiger partial charge on any atom is -0.417 e. The summed E-state index contributed by atoms with van der Waals surface area (Å²) in [6.07, 6.45) is 0.301. The third-order valence-corrected chi connectivity index (χ3v) is 6.42. The molecule has 1 aliphatic heterocycles. The number of hydrogen-bond acceptors (Lipinski definition) is 2. The molecule has 0 aliphatic carbocycles. The quantitative estimate of drug-likeness (QED) is 0.628. The Balaban J connectivity index is 1.87. The normalized spacial score (nSPS) is 22.3.